The molecular weight excluding hydrogens is 266 g/mol. The zero-order chi connectivity index (χ0) is 15.9. The van der Waals surface area contributed by atoms with Crippen LogP contribution in [0.2, 0.25) is 0 Å². The Morgan fingerprint density at radius 3 is 2.32 bits per heavy atom. The van der Waals surface area contributed by atoms with Crippen LogP contribution >= 0.6 is 0 Å². The number of aryl methyl sites for hydroxylation is 1. The summed E-state index contributed by atoms with van der Waals surface area (Å²) in [6.07, 6.45) is 2.16. The summed E-state index contributed by atoms with van der Waals surface area (Å²) in [5.41, 5.74) is 6.12. The van der Waals surface area contributed by atoms with Gasteiger partial charge in [0.2, 0.25) is 0 Å². The molecule has 1 unspecified atom stereocenters. The minimum Gasteiger partial charge on any atom is -0.307 e. The van der Waals surface area contributed by atoms with Crippen molar-refractivity contribution in [3.05, 3.63) is 89.5 Å². The first-order chi connectivity index (χ1) is 10.7. The van der Waals surface area contributed by atoms with Crippen LogP contribution in [0.1, 0.15) is 36.6 Å². The fourth-order valence-electron chi connectivity index (χ4n) is 2.84. The molecule has 114 valence electrons. The third-order valence-corrected chi connectivity index (χ3v) is 3.96. The quantitative estimate of drug-likeness (QED) is 0.712. The Labute approximate surface area is 134 Å². The van der Waals surface area contributed by atoms with Gasteiger partial charge in [-0.3, -0.25) is 0 Å². The molecule has 0 radical (unpaired) electrons. The fourth-order valence-corrected chi connectivity index (χ4v) is 2.84. The molecule has 1 heteroatoms. The highest BCUT2D eigenvalue weighted by Gasteiger charge is 2.18. The second-order valence-electron chi connectivity index (χ2n) is 5.44. The van der Waals surface area contributed by atoms with Crippen LogP contribution in [0.15, 0.2) is 72.8 Å². The molecule has 1 nitrogen and oxygen atoms in total. The highest BCUT2D eigenvalue weighted by Crippen LogP contribution is 2.33. The van der Waals surface area contributed by atoms with Crippen molar-refractivity contribution in [2.75, 3.05) is 6.54 Å². The average Bonchev–Trinajstić information content (AvgIpc) is 2.55. The summed E-state index contributed by atoms with van der Waals surface area (Å²) < 4.78 is 0. The molecule has 0 aliphatic heterocycles. The molecule has 0 amide bonds. The van der Waals surface area contributed by atoms with Crippen LogP contribution in [0.4, 0.5) is 0 Å². The number of nitrogens with one attached hydrogen (secondary N) is 1. The summed E-state index contributed by atoms with van der Waals surface area (Å²) >= 11 is 0. The molecule has 0 aliphatic carbocycles. The largest absolute Gasteiger partial charge is 0.307 e. The van der Waals surface area contributed by atoms with Gasteiger partial charge in [-0.2, -0.15) is 0 Å². The lowest BCUT2D eigenvalue weighted by Crippen LogP contribution is -2.23. The zero-order valence-electron chi connectivity index (χ0n) is 13.8. The molecule has 22 heavy (non-hydrogen) atoms. The third kappa shape index (κ3) is 3.55. The second-order valence-corrected chi connectivity index (χ2v) is 5.44. The molecule has 0 aromatic heterocycles. The van der Waals surface area contributed by atoms with Gasteiger partial charge in [-0.1, -0.05) is 74.2 Å². The van der Waals surface area contributed by atoms with Crippen LogP contribution in [0, 0.1) is 6.92 Å². The van der Waals surface area contributed by atoms with E-state index >= 15 is 0 Å². The van der Waals surface area contributed by atoms with E-state index in [-0.39, 0.29) is 6.04 Å². The lowest BCUT2D eigenvalue weighted by Gasteiger charge is -2.24. The van der Waals surface area contributed by atoms with E-state index in [1.54, 1.807) is 0 Å². The molecule has 0 fully saturated rings. The van der Waals surface area contributed by atoms with Crippen LogP contribution in [0.3, 0.4) is 0 Å². The van der Waals surface area contributed by atoms with Crippen LogP contribution in [0.25, 0.3) is 5.57 Å². The number of allylic oxidation sites excluding steroid dienone is 1. The van der Waals surface area contributed by atoms with E-state index < -0.39 is 0 Å². The number of likely N-dealkylation sites (N-methyl/N-ethyl adjacent to an activating group) is 1. The Morgan fingerprint density at radius 2 is 1.73 bits per heavy atom. The summed E-state index contributed by atoms with van der Waals surface area (Å²) in [4.78, 5) is 0. The van der Waals surface area contributed by atoms with E-state index in [1.807, 2.05) is 6.07 Å². The second kappa shape index (κ2) is 7.77. The van der Waals surface area contributed by atoms with Gasteiger partial charge in [0, 0.05) is 0 Å². The van der Waals surface area contributed by atoms with Crippen LogP contribution < -0.4 is 5.32 Å². The van der Waals surface area contributed by atoms with Crippen molar-refractivity contribution in [1.82, 2.24) is 5.32 Å². The van der Waals surface area contributed by atoms with E-state index in [0.717, 1.165) is 12.1 Å². The number of rotatable bonds is 6. The first-order valence-corrected chi connectivity index (χ1v) is 7.88. The average molecular weight is 291 g/mol. The minimum absolute atomic E-state index is 0.136. The summed E-state index contributed by atoms with van der Waals surface area (Å²) in [6.45, 7) is 11.7. The van der Waals surface area contributed by atoms with E-state index in [0.29, 0.717) is 0 Å². The Kier molecular flexibility index (Phi) is 5.74. The third-order valence-electron chi connectivity index (χ3n) is 3.96. The summed E-state index contributed by atoms with van der Waals surface area (Å²) in [5.74, 6) is 0. The normalized spacial score (nSPS) is 13.0. The van der Waals surface area contributed by atoms with Gasteiger partial charge in [0.25, 0.3) is 0 Å². The van der Waals surface area contributed by atoms with Gasteiger partial charge >= 0.3 is 0 Å². The standard InChI is InChI=1S/C21H25N/c1-5-19(20-15-11-10-12-16(20)3)17(4)21(22-6-2)18-13-8-7-9-14-18/h5,7-15,21-22H,4,6H2,1-3H3/b19-5-. The van der Waals surface area contributed by atoms with Gasteiger partial charge in [0.15, 0.2) is 0 Å². The van der Waals surface area contributed by atoms with E-state index in [2.05, 4.69) is 87.3 Å². The molecule has 0 aliphatic rings. The smallest absolute Gasteiger partial charge is 0.0576 e. The Hall–Kier alpha value is -2.12. The zero-order valence-corrected chi connectivity index (χ0v) is 13.8. The predicted octanol–water partition coefficient (Wildman–Crippen LogP) is 5.31. The molecule has 0 spiro atoms. The maximum Gasteiger partial charge on any atom is 0.0576 e. The monoisotopic (exact) mass is 291 g/mol. The van der Waals surface area contributed by atoms with E-state index in [4.69, 9.17) is 0 Å². The van der Waals surface area contributed by atoms with Gasteiger partial charge < -0.3 is 5.32 Å². The topological polar surface area (TPSA) is 12.0 Å². The van der Waals surface area contributed by atoms with Gasteiger partial charge in [0.1, 0.15) is 0 Å². The van der Waals surface area contributed by atoms with Crippen molar-refractivity contribution in [1.29, 1.82) is 0 Å². The van der Waals surface area contributed by atoms with Crippen molar-refractivity contribution in [3.63, 3.8) is 0 Å². The molecule has 1 atom stereocenters. The van der Waals surface area contributed by atoms with Crippen LogP contribution in [-0.4, -0.2) is 6.54 Å². The molecular formula is C21H25N. The van der Waals surface area contributed by atoms with E-state index in [1.165, 1.54) is 22.3 Å². The number of hydrogen-bond donors (Lipinski definition) is 1. The molecule has 0 saturated heterocycles. The first-order valence-electron chi connectivity index (χ1n) is 7.88. The Balaban J connectivity index is 2.40. The van der Waals surface area contributed by atoms with Gasteiger partial charge in [0.05, 0.1) is 6.04 Å². The number of hydrogen-bond acceptors (Lipinski definition) is 1. The minimum atomic E-state index is 0.136. The number of benzene rings is 2. The molecule has 0 bridgehead atoms. The SMILES string of the molecule is C=C(/C(=C/C)c1ccccc1C)C(NCC)c1ccccc1. The van der Waals surface area contributed by atoms with Gasteiger partial charge in [-0.15, -0.1) is 0 Å². The summed E-state index contributed by atoms with van der Waals surface area (Å²) in [7, 11) is 0. The lowest BCUT2D eigenvalue weighted by atomic mass is 9.88. The van der Waals surface area contributed by atoms with Crippen molar-refractivity contribution >= 4 is 5.57 Å². The molecule has 1 N–H and O–H groups in total. The maximum atomic E-state index is 4.41. The Morgan fingerprint density at radius 1 is 1.09 bits per heavy atom. The molecule has 0 heterocycles. The van der Waals surface area contributed by atoms with Gasteiger partial charge in [-0.25, -0.2) is 0 Å². The van der Waals surface area contributed by atoms with Crippen molar-refractivity contribution in [3.8, 4) is 0 Å². The lowest BCUT2D eigenvalue weighted by molar-refractivity contribution is 0.633. The van der Waals surface area contributed by atoms with Gasteiger partial charge in [-0.05, 0) is 48.2 Å². The molecule has 0 saturated carbocycles. The highest BCUT2D eigenvalue weighted by molar-refractivity contribution is 5.81. The van der Waals surface area contributed by atoms with Crippen LogP contribution in [-0.2, 0) is 0 Å². The molecule has 2 rings (SSSR count). The molecule has 2 aromatic carbocycles. The van der Waals surface area contributed by atoms with Crippen molar-refractivity contribution in [2.45, 2.75) is 26.8 Å². The predicted molar refractivity (Wildman–Crippen MR) is 96.8 cm³/mol. The van der Waals surface area contributed by atoms with E-state index in [9.17, 15) is 0 Å². The Bertz CT molecular complexity index is 653. The highest BCUT2D eigenvalue weighted by atomic mass is 14.9. The summed E-state index contributed by atoms with van der Waals surface area (Å²) in [5, 5.41) is 3.56. The van der Waals surface area contributed by atoms with Crippen molar-refractivity contribution in [2.24, 2.45) is 0 Å². The van der Waals surface area contributed by atoms with Crippen LogP contribution in [0.5, 0.6) is 0 Å². The fraction of sp³-hybridized carbons (Fsp3) is 0.238. The van der Waals surface area contributed by atoms with Crippen molar-refractivity contribution < 1.29 is 0 Å². The maximum absolute atomic E-state index is 4.41. The molecule has 2 aromatic rings. The summed E-state index contributed by atoms with van der Waals surface area (Å²) in [6, 6.07) is 19.1. The first kappa shape index (κ1) is 16.3.